The first kappa shape index (κ1) is 79.8. The molecular formula is C76H143NO5. The van der Waals surface area contributed by atoms with Gasteiger partial charge >= 0.3 is 5.97 Å². The van der Waals surface area contributed by atoms with Gasteiger partial charge in [0, 0.05) is 12.8 Å². The molecule has 482 valence electrons. The highest BCUT2D eigenvalue weighted by molar-refractivity contribution is 5.76. The van der Waals surface area contributed by atoms with E-state index in [0.717, 1.165) is 51.4 Å². The van der Waals surface area contributed by atoms with Gasteiger partial charge in [-0.15, -0.1) is 0 Å². The Kier molecular flexibility index (Phi) is 69.4. The first-order valence-electron chi connectivity index (χ1n) is 36.9. The van der Waals surface area contributed by atoms with E-state index in [1.165, 1.54) is 321 Å². The number of allylic oxidation sites excluding steroid dienone is 7. The molecule has 82 heavy (non-hydrogen) atoms. The van der Waals surface area contributed by atoms with Crippen molar-refractivity contribution in [2.75, 3.05) is 13.2 Å². The van der Waals surface area contributed by atoms with Gasteiger partial charge in [0.1, 0.15) is 0 Å². The molecule has 6 nitrogen and oxygen atoms in total. The SMILES string of the molecule is CCCCCCCC/C=C\CCCCCCCC(=O)OCCCCCCCCCCC/C=C\C/C=C\CCCCCCCCCCCCCCCC(=O)NC(CO)C(O)/C=C/CCCCCCCCCCCCCCCCCCCCC. The number of nitrogens with one attached hydrogen (secondary N) is 1. The quantitative estimate of drug-likeness (QED) is 0.0320. The summed E-state index contributed by atoms with van der Waals surface area (Å²) in [4.78, 5) is 24.6. The summed E-state index contributed by atoms with van der Waals surface area (Å²) in [6.45, 7) is 4.92. The van der Waals surface area contributed by atoms with Crippen molar-refractivity contribution < 1.29 is 24.5 Å². The Balaban J connectivity index is 3.43. The van der Waals surface area contributed by atoms with Crippen LogP contribution in [0, 0.1) is 0 Å². The smallest absolute Gasteiger partial charge is 0.305 e. The van der Waals surface area contributed by atoms with Crippen LogP contribution in [0.15, 0.2) is 48.6 Å². The number of ether oxygens (including phenoxy) is 1. The van der Waals surface area contributed by atoms with E-state index in [1.807, 2.05) is 6.08 Å². The Morgan fingerprint density at radius 1 is 0.341 bits per heavy atom. The Bertz CT molecular complexity index is 1370. The fourth-order valence-corrected chi connectivity index (χ4v) is 11.4. The maximum atomic E-state index is 12.5. The van der Waals surface area contributed by atoms with Crippen LogP contribution in [0.1, 0.15) is 399 Å². The van der Waals surface area contributed by atoms with Gasteiger partial charge in [0.15, 0.2) is 0 Å². The predicted octanol–water partition coefficient (Wildman–Crippen LogP) is 24.0. The molecule has 0 spiro atoms. The maximum Gasteiger partial charge on any atom is 0.305 e. The lowest BCUT2D eigenvalue weighted by Crippen LogP contribution is -2.45. The third kappa shape index (κ3) is 67.0. The van der Waals surface area contributed by atoms with Crippen LogP contribution in [0.2, 0.25) is 0 Å². The summed E-state index contributed by atoms with van der Waals surface area (Å²) in [7, 11) is 0. The average molecular weight is 1150 g/mol. The van der Waals surface area contributed by atoms with E-state index in [9.17, 15) is 19.8 Å². The van der Waals surface area contributed by atoms with E-state index in [1.54, 1.807) is 6.08 Å². The molecule has 0 rings (SSSR count). The molecule has 1 amide bonds. The van der Waals surface area contributed by atoms with E-state index in [4.69, 9.17) is 4.74 Å². The number of amides is 1. The summed E-state index contributed by atoms with van der Waals surface area (Å²) < 4.78 is 5.49. The number of carbonyl (C=O) groups is 2. The predicted molar refractivity (Wildman–Crippen MR) is 361 cm³/mol. The molecular weight excluding hydrogens is 1010 g/mol. The second-order valence-electron chi connectivity index (χ2n) is 25.3. The maximum absolute atomic E-state index is 12.5. The highest BCUT2D eigenvalue weighted by atomic mass is 16.5. The Labute approximate surface area is 512 Å². The highest BCUT2D eigenvalue weighted by Crippen LogP contribution is 2.18. The van der Waals surface area contributed by atoms with E-state index in [0.29, 0.717) is 19.4 Å². The van der Waals surface area contributed by atoms with Crippen LogP contribution >= 0.6 is 0 Å². The van der Waals surface area contributed by atoms with E-state index in [-0.39, 0.29) is 18.5 Å². The number of carbonyl (C=O) groups excluding carboxylic acids is 2. The summed E-state index contributed by atoms with van der Waals surface area (Å²) in [5.74, 6) is -0.0616. The van der Waals surface area contributed by atoms with Crippen molar-refractivity contribution in [1.29, 1.82) is 0 Å². The molecule has 0 radical (unpaired) electrons. The van der Waals surface area contributed by atoms with Gasteiger partial charge in [-0.2, -0.15) is 0 Å². The van der Waals surface area contributed by atoms with Crippen LogP contribution in [0.25, 0.3) is 0 Å². The molecule has 0 fully saturated rings. The first-order valence-corrected chi connectivity index (χ1v) is 36.9. The normalized spacial score (nSPS) is 12.8. The van der Waals surface area contributed by atoms with Gasteiger partial charge in [-0.05, 0) is 89.9 Å². The second-order valence-corrected chi connectivity index (χ2v) is 25.3. The van der Waals surface area contributed by atoms with Crippen molar-refractivity contribution in [3.05, 3.63) is 48.6 Å². The minimum absolute atomic E-state index is 0.00403. The summed E-state index contributed by atoms with van der Waals surface area (Å²) >= 11 is 0. The van der Waals surface area contributed by atoms with E-state index >= 15 is 0 Å². The van der Waals surface area contributed by atoms with Crippen molar-refractivity contribution in [2.24, 2.45) is 0 Å². The Morgan fingerprint density at radius 3 is 0.939 bits per heavy atom. The molecule has 0 aliphatic carbocycles. The van der Waals surface area contributed by atoms with Crippen molar-refractivity contribution >= 4 is 11.9 Å². The second kappa shape index (κ2) is 71.3. The van der Waals surface area contributed by atoms with Gasteiger partial charge in [0.2, 0.25) is 5.91 Å². The monoisotopic (exact) mass is 1150 g/mol. The molecule has 0 saturated heterocycles. The summed E-state index contributed by atoms with van der Waals surface area (Å²) in [6.07, 6.45) is 93.4. The van der Waals surface area contributed by atoms with Crippen LogP contribution in [-0.4, -0.2) is 47.4 Å². The number of unbranched alkanes of at least 4 members (excludes halogenated alkanes) is 52. The number of aliphatic hydroxyl groups is 2. The number of esters is 1. The highest BCUT2D eigenvalue weighted by Gasteiger charge is 2.18. The van der Waals surface area contributed by atoms with E-state index < -0.39 is 12.1 Å². The van der Waals surface area contributed by atoms with Gasteiger partial charge in [-0.3, -0.25) is 9.59 Å². The zero-order valence-electron chi connectivity index (χ0n) is 55.2. The van der Waals surface area contributed by atoms with Crippen LogP contribution in [-0.2, 0) is 14.3 Å². The van der Waals surface area contributed by atoms with Crippen molar-refractivity contribution in [3.63, 3.8) is 0 Å². The Morgan fingerprint density at radius 2 is 0.610 bits per heavy atom. The zero-order chi connectivity index (χ0) is 59.2. The fraction of sp³-hybridized carbons (Fsp3) is 0.868. The third-order valence-electron chi connectivity index (χ3n) is 17.1. The first-order chi connectivity index (χ1) is 40.5. The number of hydrogen-bond donors (Lipinski definition) is 3. The van der Waals surface area contributed by atoms with Gasteiger partial charge in [-0.25, -0.2) is 0 Å². The minimum Gasteiger partial charge on any atom is -0.466 e. The molecule has 3 N–H and O–H groups in total. The molecule has 0 heterocycles. The molecule has 2 unspecified atom stereocenters. The van der Waals surface area contributed by atoms with Gasteiger partial charge in [0.25, 0.3) is 0 Å². The molecule has 2 atom stereocenters. The summed E-state index contributed by atoms with van der Waals surface area (Å²) in [6, 6.07) is -0.631. The van der Waals surface area contributed by atoms with Crippen LogP contribution in [0.3, 0.4) is 0 Å². The topological polar surface area (TPSA) is 95.9 Å². The van der Waals surface area contributed by atoms with Gasteiger partial charge in [0.05, 0.1) is 25.4 Å². The number of rotatable bonds is 69. The number of aliphatic hydroxyl groups excluding tert-OH is 2. The summed E-state index contributed by atoms with van der Waals surface area (Å²) in [5.41, 5.74) is 0. The standard InChI is InChI=1S/C76H143NO5/c1-3-5-7-9-11-13-15-17-19-20-21-31-34-37-41-44-48-52-56-60-64-68-74(79)73(72-78)77-75(80)69-65-61-57-53-49-45-42-38-35-32-29-27-25-23-22-24-26-28-30-33-36-39-43-47-51-55-59-63-67-71-82-76(81)70-66-62-58-54-50-46-40-18-16-14-12-10-8-6-4-2/h18,22,24,28,30,40,64,68,73-74,78-79H,3-17,19-21,23,25-27,29,31-39,41-63,65-67,69-72H2,1-2H3,(H,77,80)/b24-22-,30-28-,40-18-,68-64+. The average Bonchev–Trinajstić information content (AvgIpc) is 3.48. The lowest BCUT2D eigenvalue weighted by Gasteiger charge is -2.20. The van der Waals surface area contributed by atoms with Gasteiger partial charge < -0.3 is 20.3 Å². The van der Waals surface area contributed by atoms with Crippen molar-refractivity contribution in [3.8, 4) is 0 Å². The minimum atomic E-state index is -0.847. The van der Waals surface area contributed by atoms with E-state index in [2.05, 4.69) is 55.6 Å². The molecule has 0 aromatic carbocycles. The van der Waals surface area contributed by atoms with Crippen LogP contribution in [0.5, 0.6) is 0 Å². The van der Waals surface area contributed by atoms with Gasteiger partial charge in [-0.1, -0.05) is 345 Å². The molecule has 0 saturated carbocycles. The molecule has 6 heteroatoms. The molecule has 0 aliphatic rings. The zero-order valence-corrected chi connectivity index (χ0v) is 55.2. The van der Waals surface area contributed by atoms with Crippen molar-refractivity contribution in [1.82, 2.24) is 5.32 Å². The Hall–Kier alpha value is -2.18. The van der Waals surface area contributed by atoms with Crippen LogP contribution in [0.4, 0.5) is 0 Å². The molecule has 0 bridgehead atoms. The molecule has 0 aromatic rings. The third-order valence-corrected chi connectivity index (χ3v) is 17.1. The number of hydrogen-bond acceptors (Lipinski definition) is 5. The van der Waals surface area contributed by atoms with Crippen LogP contribution < -0.4 is 5.32 Å². The lowest BCUT2D eigenvalue weighted by atomic mass is 10.0. The lowest BCUT2D eigenvalue weighted by molar-refractivity contribution is -0.143. The largest absolute Gasteiger partial charge is 0.466 e. The fourth-order valence-electron chi connectivity index (χ4n) is 11.4. The van der Waals surface area contributed by atoms with Crippen molar-refractivity contribution in [2.45, 2.75) is 411 Å². The molecule has 0 aliphatic heterocycles. The summed E-state index contributed by atoms with van der Waals surface area (Å²) in [5, 5.41) is 23.3. The molecule has 0 aromatic heterocycles.